The van der Waals surface area contributed by atoms with Gasteiger partial charge < -0.3 is 9.84 Å². The highest BCUT2D eigenvalue weighted by Crippen LogP contribution is 2.24. The number of hydrogen-bond acceptors (Lipinski definition) is 5. The number of para-hydroxylation sites is 1. The van der Waals surface area contributed by atoms with E-state index in [2.05, 4.69) is 28.0 Å². The van der Waals surface area contributed by atoms with Gasteiger partial charge in [0.2, 0.25) is 0 Å². The van der Waals surface area contributed by atoms with E-state index in [1.165, 1.54) is 5.56 Å². The molecule has 0 bridgehead atoms. The lowest BCUT2D eigenvalue weighted by atomic mass is 10.0. The molecule has 1 saturated heterocycles. The molecule has 0 aromatic heterocycles. The Hall–Kier alpha value is -2.21. The topological polar surface area (TPSA) is 53.0 Å². The van der Waals surface area contributed by atoms with Gasteiger partial charge in [0.25, 0.3) is 0 Å². The van der Waals surface area contributed by atoms with Crippen LogP contribution in [0.15, 0.2) is 48.5 Å². The van der Waals surface area contributed by atoms with Crippen molar-refractivity contribution in [3.8, 4) is 5.75 Å². The van der Waals surface area contributed by atoms with Crippen LogP contribution in [-0.2, 0) is 13.1 Å². The normalized spacial score (nSPS) is 18.0. The molecule has 29 heavy (non-hydrogen) atoms. The lowest BCUT2D eigenvalue weighted by Crippen LogP contribution is -2.52. The Morgan fingerprint density at radius 3 is 2.72 bits per heavy atom. The monoisotopic (exact) mass is 396 g/mol. The average molecular weight is 397 g/mol. The zero-order valence-electron chi connectivity index (χ0n) is 17.5. The molecule has 2 aromatic carbocycles. The van der Waals surface area contributed by atoms with E-state index < -0.39 is 0 Å². The summed E-state index contributed by atoms with van der Waals surface area (Å²) in [6.07, 6.45) is 0.751. The summed E-state index contributed by atoms with van der Waals surface area (Å²) in [4.78, 5) is 16.5. The number of Topliss-reactive ketones (excluding diaryl/α,β-unsaturated/α-hetero) is 1. The quantitative estimate of drug-likeness (QED) is 0.659. The molecule has 0 unspecified atom stereocenters. The highest BCUT2D eigenvalue weighted by atomic mass is 16.5. The maximum atomic E-state index is 11.7. The van der Waals surface area contributed by atoms with Crippen LogP contribution in [0.4, 0.5) is 0 Å². The molecule has 1 aliphatic heterocycles. The van der Waals surface area contributed by atoms with E-state index in [0.29, 0.717) is 12.6 Å². The van der Waals surface area contributed by atoms with Crippen LogP contribution in [0.1, 0.15) is 41.8 Å². The molecule has 0 spiro atoms. The van der Waals surface area contributed by atoms with Crippen molar-refractivity contribution in [1.29, 1.82) is 0 Å². The van der Waals surface area contributed by atoms with Crippen LogP contribution in [0, 0.1) is 0 Å². The van der Waals surface area contributed by atoms with Crippen molar-refractivity contribution in [2.45, 2.75) is 39.4 Å². The SMILES string of the molecule is CCOc1ccccc1CN1CCN(Cc2cccc(C(C)=O)c2)C[C@H]1CCO. The van der Waals surface area contributed by atoms with Gasteiger partial charge in [0.15, 0.2) is 5.78 Å². The van der Waals surface area contributed by atoms with Crippen LogP contribution in [-0.4, -0.2) is 59.6 Å². The average Bonchev–Trinajstić information content (AvgIpc) is 2.72. The molecule has 3 rings (SSSR count). The van der Waals surface area contributed by atoms with Gasteiger partial charge in [-0.15, -0.1) is 0 Å². The van der Waals surface area contributed by atoms with Crippen molar-refractivity contribution in [2.24, 2.45) is 0 Å². The second-order valence-electron chi connectivity index (χ2n) is 7.67. The fourth-order valence-corrected chi connectivity index (χ4v) is 4.03. The second-order valence-corrected chi connectivity index (χ2v) is 7.67. The minimum Gasteiger partial charge on any atom is -0.494 e. The largest absolute Gasteiger partial charge is 0.494 e. The van der Waals surface area contributed by atoms with E-state index in [1.807, 2.05) is 37.3 Å². The molecule has 5 heteroatoms. The molecule has 0 amide bonds. The Bertz CT molecular complexity index is 808. The number of carbonyl (C=O) groups is 1. The summed E-state index contributed by atoms with van der Waals surface area (Å²) in [5.41, 5.74) is 3.12. The van der Waals surface area contributed by atoms with Gasteiger partial charge in [-0.05, 0) is 38.0 Å². The number of benzene rings is 2. The fraction of sp³-hybridized carbons (Fsp3) is 0.458. The number of piperazine rings is 1. The summed E-state index contributed by atoms with van der Waals surface area (Å²) in [5.74, 6) is 1.05. The first-order valence-electron chi connectivity index (χ1n) is 10.5. The van der Waals surface area contributed by atoms with E-state index in [1.54, 1.807) is 6.92 Å². The van der Waals surface area contributed by atoms with Crippen LogP contribution >= 0.6 is 0 Å². The summed E-state index contributed by atoms with van der Waals surface area (Å²) in [7, 11) is 0. The predicted molar refractivity (Wildman–Crippen MR) is 115 cm³/mol. The third kappa shape index (κ3) is 5.89. The van der Waals surface area contributed by atoms with Crippen molar-refractivity contribution in [2.75, 3.05) is 32.8 Å². The van der Waals surface area contributed by atoms with E-state index in [0.717, 1.165) is 56.0 Å². The van der Waals surface area contributed by atoms with Gasteiger partial charge in [0.05, 0.1) is 6.61 Å². The highest BCUT2D eigenvalue weighted by Gasteiger charge is 2.27. The summed E-state index contributed by atoms with van der Waals surface area (Å²) in [5, 5.41) is 9.61. The lowest BCUT2D eigenvalue weighted by Gasteiger charge is -2.41. The number of rotatable bonds is 9. The maximum Gasteiger partial charge on any atom is 0.159 e. The van der Waals surface area contributed by atoms with E-state index in [9.17, 15) is 9.90 Å². The van der Waals surface area contributed by atoms with Gasteiger partial charge in [-0.3, -0.25) is 14.6 Å². The minimum atomic E-state index is 0.0998. The molecule has 1 fully saturated rings. The van der Waals surface area contributed by atoms with Gasteiger partial charge >= 0.3 is 0 Å². The first-order valence-corrected chi connectivity index (χ1v) is 10.5. The first-order chi connectivity index (χ1) is 14.1. The third-order valence-corrected chi connectivity index (χ3v) is 5.54. The predicted octanol–water partition coefficient (Wildman–Crippen LogP) is 3.36. The summed E-state index contributed by atoms with van der Waals surface area (Å²) in [6, 6.07) is 16.4. The van der Waals surface area contributed by atoms with Crippen molar-refractivity contribution in [3.05, 3.63) is 65.2 Å². The van der Waals surface area contributed by atoms with Crippen LogP contribution in [0.5, 0.6) is 5.75 Å². The Morgan fingerprint density at radius 2 is 1.97 bits per heavy atom. The van der Waals surface area contributed by atoms with Crippen molar-refractivity contribution >= 4 is 5.78 Å². The number of aliphatic hydroxyl groups is 1. The molecule has 0 aliphatic carbocycles. The standard InChI is InChI=1S/C24H32N2O3/c1-3-29-24-10-5-4-8-22(24)17-26-13-12-25(18-23(26)11-14-27)16-20-7-6-9-21(15-20)19(2)28/h4-10,15,23,27H,3,11-14,16-18H2,1-2H3/t23-/m1/s1. The molecular weight excluding hydrogens is 364 g/mol. The van der Waals surface area contributed by atoms with Gasteiger partial charge in [-0.1, -0.05) is 36.4 Å². The molecule has 1 heterocycles. The Labute approximate surface area is 173 Å². The van der Waals surface area contributed by atoms with Gasteiger partial charge in [0, 0.05) is 56.5 Å². The van der Waals surface area contributed by atoms with Crippen LogP contribution < -0.4 is 4.74 Å². The zero-order chi connectivity index (χ0) is 20.6. The van der Waals surface area contributed by atoms with E-state index in [-0.39, 0.29) is 12.4 Å². The first kappa shape index (κ1) is 21.5. The van der Waals surface area contributed by atoms with Crippen LogP contribution in [0.25, 0.3) is 0 Å². The fourth-order valence-electron chi connectivity index (χ4n) is 4.03. The van der Waals surface area contributed by atoms with Crippen molar-refractivity contribution in [1.82, 2.24) is 9.80 Å². The van der Waals surface area contributed by atoms with Crippen molar-refractivity contribution in [3.63, 3.8) is 0 Å². The summed E-state index contributed by atoms with van der Waals surface area (Å²) < 4.78 is 5.79. The van der Waals surface area contributed by atoms with Crippen LogP contribution in [0.2, 0.25) is 0 Å². The number of ketones is 1. The number of carbonyl (C=O) groups excluding carboxylic acids is 1. The van der Waals surface area contributed by atoms with Crippen molar-refractivity contribution < 1.29 is 14.6 Å². The molecule has 1 atom stereocenters. The smallest absolute Gasteiger partial charge is 0.159 e. The molecule has 5 nitrogen and oxygen atoms in total. The minimum absolute atomic E-state index is 0.0998. The third-order valence-electron chi connectivity index (χ3n) is 5.54. The molecule has 156 valence electrons. The maximum absolute atomic E-state index is 11.7. The Balaban J connectivity index is 1.66. The molecule has 0 saturated carbocycles. The Kier molecular flexibility index (Phi) is 7.81. The van der Waals surface area contributed by atoms with E-state index >= 15 is 0 Å². The van der Waals surface area contributed by atoms with Crippen LogP contribution in [0.3, 0.4) is 0 Å². The number of ether oxygens (including phenoxy) is 1. The molecule has 1 aliphatic rings. The number of aliphatic hydroxyl groups excluding tert-OH is 1. The van der Waals surface area contributed by atoms with Gasteiger partial charge in [-0.25, -0.2) is 0 Å². The number of nitrogens with zero attached hydrogens (tertiary/aromatic N) is 2. The molecule has 0 radical (unpaired) electrons. The second kappa shape index (κ2) is 10.5. The zero-order valence-corrected chi connectivity index (χ0v) is 17.5. The molecule has 2 aromatic rings. The summed E-state index contributed by atoms with van der Waals surface area (Å²) in [6.45, 7) is 8.91. The number of hydrogen-bond donors (Lipinski definition) is 1. The molecule has 1 N–H and O–H groups in total. The highest BCUT2D eigenvalue weighted by molar-refractivity contribution is 5.94. The van der Waals surface area contributed by atoms with Gasteiger partial charge in [0.1, 0.15) is 5.75 Å². The van der Waals surface area contributed by atoms with E-state index in [4.69, 9.17) is 4.74 Å². The van der Waals surface area contributed by atoms with Gasteiger partial charge in [-0.2, -0.15) is 0 Å². The molecular formula is C24H32N2O3. The Morgan fingerprint density at radius 1 is 1.14 bits per heavy atom. The lowest BCUT2D eigenvalue weighted by molar-refractivity contribution is 0.0494. The summed E-state index contributed by atoms with van der Waals surface area (Å²) >= 11 is 0.